The normalized spacial score (nSPS) is 19.1. The number of halogens is 6. The Labute approximate surface area is 335 Å². The number of nitrogens with zero attached hydrogens (tertiary/aromatic N) is 5. The third-order valence-electron chi connectivity index (χ3n) is 9.92. The second kappa shape index (κ2) is 17.5. The highest BCUT2D eigenvalue weighted by Crippen LogP contribution is 2.49. The molecule has 3 aliphatic rings. The van der Waals surface area contributed by atoms with E-state index in [-0.39, 0.29) is 11.4 Å². The number of benzene rings is 3. The Kier molecular flexibility index (Phi) is 13.0. The van der Waals surface area contributed by atoms with Gasteiger partial charge in [0.1, 0.15) is 22.1 Å². The third-order valence-corrected chi connectivity index (χ3v) is 12.2. The highest BCUT2D eigenvalue weighted by molar-refractivity contribution is 7.92. The van der Waals surface area contributed by atoms with Crippen molar-refractivity contribution < 1.29 is 45.4 Å². The minimum Gasteiger partial charge on any atom is -0.475 e. The van der Waals surface area contributed by atoms with E-state index in [0.717, 1.165) is 49.8 Å². The van der Waals surface area contributed by atoms with Gasteiger partial charge in [0.25, 0.3) is 21.5 Å². The molecule has 0 radical (unpaired) electrons. The lowest BCUT2D eigenvalue weighted by Gasteiger charge is -2.36. The highest BCUT2D eigenvalue weighted by Gasteiger charge is 2.48. The molecule has 3 aromatic carbocycles. The summed E-state index contributed by atoms with van der Waals surface area (Å²) in [5.41, 5.74) is 0.364. The van der Waals surface area contributed by atoms with Crippen LogP contribution in [0.15, 0.2) is 94.6 Å². The SMILES string of the molecule is O=C(O)C(F)(F)F.O=C(c1ccc2n(c1=O)[C@@H](c1ccc(Cl)cc1)[C@@H](c1ccc(Cl)cc1)N2S(=O)(=O)c1ccccc1F)N1CCN(CCN2CCOCC2)CC1. The van der Waals surface area contributed by atoms with Gasteiger partial charge in [-0.1, -0.05) is 59.6 Å². The molecule has 4 aromatic rings. The van der Waals surface area contributed by atoms with E-state index in [1.807, 2.05) is 0 Å². The van der Waals surface area contributed by atoms with E-state index >= 15 is 4.39 Å². The Hall–Kier alpha value is -4.52. The van der Waals surface area contributed by atoms with Gasteiger partial charge >= 0.3 is 12.1 Å². The number of hydrogen-bond donors (Lipinski definition) is 1. The number of carboxylic acids is 1. The number of sulfonamides is 1. The van der Waals surface area contributed by atoms with Crippen LogP contribution in [0.3, 0.4) is 0 Å². The van der Waals surface area contributed by atoms with Crippen LogP contribution in [0.25, 0.3) is 0 Å². The first kappa shape index (κ1) is 42.1. The maximum absolute atomic E-state index is 15.2. The van der Waals surface area contributed by atoms with E-state index in [1.165, 1.54) is 34.9 Å². The van der Waals surface area contributed by atoms with E-state index in [0.29, 0.717) is 47.4 Å². The van der Waals surface area contributed by atoms with Crippen molar-refractivity contribution in [3.63, 3.8) is 0 Å². The molecule has 2 fully saturated rings. The molecule has 304 valence electrons. The van der Waals surface area contributed by atoms with Crippen molar-refractivity contribution in [3.05, 3.63) is 128 Å². The number of piperazine rings is 1. The van der Waals surface area contributed by atoms with Crippen LogP contribution >= 0.6 is 23.2 Å². The number of carboxylic acid groups (broad SMARTS) is 1. The number of hydrogen-bond acceptors (Lipinski definition) is 8. The Bertz CT molecular complexity index is 2250. The van der Waals surface area contributed by atoms with Crippen LogP contribution in [-0.4, -0.2) is 116 Å². The molecule has 4 heterocycles. The van der Waals surface area contributed by atoms with Gasteiger partial charge in [-0.25, -0.2) is 21.9 Å². The summed E-state index contributed by atoms with van der Waals surface area (Å²) in [6, 6.07) is 19.3. The van der Waals surface area contributed by atoms with Crippen molar-refractivity contribution in [2.24, 2.45) is 0 Å². The Morgan fingerprint density at radius 2 is 1.26 bits per heavy atom. The first-order valence-corrected chi connectivity index (χ1v) is 19.9. The van der Waals surface area contributed by atoms with Crippen LogP contribution in [0.4, 0.5) is 23.4 Å². The number of pyridine rings is 1. The Morgan fingerprint density at radius 1 is 0.754 bits per heavy atom. The monoisotopic (exact) mass is 853 g/mol. The number of aromatic nitrogens is 1. The van der Waals surface area contributed by atoms with Crippen LogP contribution in [-0.2, 0) is 19.6 Å². The second-order valence-electron chi connectivity index (χ2n) is 13.4. The number of morpholine rings is 1. The zero-order chi connectivity index (χ0) is 41.1. The van der Waals surface area contributed by atoms with Crippen LogP contribution in [0.1, 0.15) is 33.6 Å². The van der Waals surface area contributed by atoms with Crippen LogP contribution in [0, 0.1) is 5.82 Å². The molecule has 0 bridgehead atoms. The predicted octanol–water partition coefficient (Wildman–Crippen LogP) is 5.56. The molecule has 0 spiro atoms. The number of alkyl halides is 3. The van der Waals surface area contributed by atoms with Gasteiger partial charge in [0.05, 0.1) is 25.3 Å². The van der Waals surface area contributed by atoms with E-state index in [1.54, 1.807) is 53.4 Å². The molecular weight excluding hydrogens is 817 g/mol. The summed E-state index contributed by atoms with van der Waals surface area (Å²) < 4.78 is 83.8. The smallest absolute Gasteiger partial charge is 0.475 e. The van der Waals surface area contributed by atoms with E-state index in [4.69, 9.17) is 37.8 Å². The molecule has 0 unspecified atom stereocenters. The minimum absolute atomic E-state index is 0.00244. The lowest BCUT2D eigenvalue weighted by molar-refractivity contribution is -0.192. The number of aliphatic carboxylic acids is 1. The number of ether oxygens (including phenoxy) is 1. The summed E-state index contributed by atoms with van der Waals surface area (Å²) in [4.78, 5) is 43.3. The molecule has 2 saturated heterocycles. The standard InChI is InChI=1S/C36H36Cl2FN5O5S.C2HF3O2/c37-27-9-5-25(6-10-27)33-34(26-7-11-28(38)12-8-26)44(50(47,48)31-4-2-1-3-30(31)39)32-14-13-29(36(46)43(32)33)35(45)42-19-17-40(18-20-42)15-16-41-21-23-49-24-22-41;3-2(4,5)1(6)7/h1-14,33-34H,15-24H2;(H,6,7)/t33-,34+;/m0./s1. The van der Waals surface area contributed by atoms with Crippen LogP contribution in [0.5, 0.6) is 0 Å². The van der Waals surface area contributed by atoms with Gasteiger partial charge in [-0.3, -0.25) is 24.0 Å². The van der Waals surface area contributed by atoms with Gasteiger partial charge in [0, 0.05) is 62.4 Å². The zero-order valence-corrected chi connectivity index (χ0v) is 32.4. The maximum Gasteiger partial charge on any atom is 0.490 e. The molecule has 3 aliphatic heterocycles. The molecule has 0 aliphatic carbocycles. The summed E-state index contributed by atoms with van der Waals surface area (Å²) in [5.74, 6) is -4.11. The molecule has 0 saturated carbocycles. The average molecular weight is 855 g/mol. The molecule has 57 heavy (non-hydrogen) atoms. The molecule has 7 rings (SSSR count). The second-order valence-corrected chi connectivity index (χ2v) is 16.1. The first-order valence-electron chi connectivity index (χ1n) is 17.7. The molecule has 2 atom stereocenters. The number of carbonyl (C=O) groups is 2. The number of carbonyl (C=O) groups excluding carboxylic acids is 1. The number of anilines is 1. The fourth-order valence-corrected chi connectivity index (χ4v) is 8.98. The minimum atomic E-state index is -5.08. The fraction of sp³-hybridized carbons (Fsp3) is 0.342. The largest absolute Gasteiger partial charge is 0.490 e. The van der Waals surface area contributed by atoms with Gasteiger partial charge in [-0.15, -0.1) is 0 Å². The van der Waals surface area contributed by atoms with Crippen LogP contribution in [0.2, 0.25) is 10.0 Å². The van der Waals surface area contributed by atoms with Gasteiger partial charge in [-0.2, -0.15) is 13.2 Å². The number of rotatable bonds is 8. The topological polar surface area (TPSA) is 133 Å². The van der Waals surface area contributed by atoms with Gasteiger partial charge in [-0.05, 0) is 59.7 Å². The van der Waals surface area contributed by atoms with E-state index < -0.39 is 56.4 Å². The third kappa shape index (κ3) is 9.29. The summed E-state index contributed by atoms with van der Waals surface area (Å²) in [5, 5.41) is 8.01. The van der Waals surface area contributed by atoms with Crippen molar-refractivity contribution in [1.82, 2.24) is 19.3 Å². The summed E-state index contributed by atoms with van der Waals surface area (Å²) >= 11 is 12.5. The van der Waals surface area contributed by atoms with Gasteiger partial charge in [0.15, 0.2) is 0 Å². The first-order chi connectivity index (χ1) is 27.1. The van der Waals surface area contributed by atoms with Crippen LogP contribution < -0.4 is 9.86 Å². The van der Waals surface area contributed by atoms with E-state index in [9.17, 15) is 31.2 Å². The summed E-state index contributed by atoms with van der Waals surface area (Å²) in [6.07, 6.45) is -5.08. The van der Waals surface area contributed by atoms with Crippen molar-refractivity contribution >= 4 is 50.9 Å². The predicted molar refractivity (Wildman–Crippen MR) is 204 cm³/mol. The average Bonchev–Trinajstić information content (AvgIpc) is 3.55. The quantitative estimate of drug-likeness (QED) is 0.227. The van der Waals surface area contributed by atoms with Crippen molar-refractivity contribution in [2.75, 3.05) is 69.9 Å². The van der Waals surface area contributed by atoms with Gasteiger partial charge < -0.3 is 14.7 Å². The molecule has 19 heteroatoms. The fourth-order valence-electron chi connectivity index (χ4n) is 7.02. The van der Waals surface area contributed by atoms with Crippen molar-refractivity contribution in [2.45, 2.75) is 23.2 Å². The molecule has 1 aromatic heterocycles. The van der Waals surface area contributed by atoms with Crippen molar-refractivity contribution in [1.29, 1.82) is 0 Å². The molecule has 1 amide bonds. The number of amides is 1. The molecule has 1 N–H and O–H groups in total. The summed E-state index contributed by atoms with van der Waals surface area (Å²) in [7, 11) is -4.60. The number of fused-ring (bicyclic) bond motifs is 1. The molecule has 12 nitrogen and oxygen atoms in total. The summed E-state index contributed by atoms with van der Waals surface area (Å²) in [6.45, 7) is 7.35. The Balaban J connectivity index is 0.000000719. The zero-order valence-electron chi connectivity index (χ0n) is 30.1. The highest BCUT2D eigenvalue weighted by atomic mass is 35.5. The van der Waals surface area contributed by atoms with Crippen molar-refractivity contribution in [3.8, 4) is 0 Å². The Morgan fingerprint density at radius 3 is 1.79 bits per heavy atom. The maximum atomic E-state index is 15.2. The lowest BCUT2D eigenvalue weighted by atomic mass is 9.94. The molecular formula is C38H37Cl2F4N5O7S. The van der Waals surface area contributed by atoms with Gasteiger partial charge in [0.2, 0.25) is 0 Å². The van der Waals surface area contributed by atoms with E-state index in [2.05, 4.69) is 9.80 Å². The lowest BCUT2D eigenvalue weighted by Crippen LogP contribution is -2.51.